The molecular weight excluding hydrogens is 519 g/mol. The molecule has 2 atom stereocenters. The van der Waals surface area contributed by atoms with Crippen LogP contribution in [0.3, 0.4) is 0 Å². The third-order valence-corrected chi connectivity index (χ3v) is 6.97. The molecule has 5 rings (SSSR count). The van der Waals surface area contributed by atoms with Crippen LogP contribution in [0.2, 0.25) is 0 Å². The Morgan fingerprint density at radius 2 is 1.95 bits per heavy atom. The Hall–Kier alpha value is -4.07. The molecule has 2 unspecified atom stereocenters. The fourth-order valence-electron chi connectivity index (χ4n) is 5.13. The van der Waals surface area contributed by atoms with Gasteiger partial charge in [0.15, 0.2) is 0 Å². The number of hydrogen-bond donors (Lipinski definition) is 1. The van der Waals surface area contributed by atoms with Crippen LogP contribution in [0.15, 0.2) is 49.1 Å². The summed E-state index contributed by atoms with van der Waals surface area (Å²) in [6, 6.07) is 7.25. The van der Waals surface area contributed by atoms with Crippen LogP contribution < -0.4 is 14.8 Å². The van der Waals surface area contributed by atoms with Gasteiger partial charge in [-0.2, -0.15) is 5.10 Å². The van der Waals surface area contributed by atoms with E-state index in [-0.39, 0.29) is 36.5 Å². The molecule has 2 amide bonds. The van der Waals surface area contributed by atoms with E-state index in [2.05, 4.69) is 25.0 Å². The lowest BCUT2D eigenvalue weighted by Gasteiger charge is -2.24. The summed E-state index contributed by atoms with van der Waals surface area (Å²) in [5, 5.41) is 6.87. The highest BCUT2D eigenvalue weighted by Crippen LogP contribution is 2.52. The lowest BCUT2D eigenvalue weighted by Crippen LogP contribution is -2.38. The summed E-state index contributed by atoms with van der Waals surface area (Å²) in [6.07, 6.45) is -0.811. The van der Waals surface area contributed by atoms with Gasteiger partial charge in [-0.05, 0) is 35.4 Å². The molecule has 1 aliphatic carbocycles. The maximum Gasteiger partial charge on any atom is 0.573 e. The van der Waals surface area contributed by atoms with Gasteiger partial charge in [0.1, 0.15) is 11.6 Å². The number of alkyl halides is 3. The van der Waals surface area contributed by atoms with Gasteiger partial charge in [0.2, 0.25) is 11.8 Å². The third kappa shape index (κ3) is 6.69. The van der Waals surface area contributed by atoms with E-state index in [1.807, 2.05) is 0 Å². The Balaban J connectivity index is 1.20. The van der Waals surface area contributed by atoms with Crippen molar-refractivity contribution in [1.29, 1.82) is 0 Å². The predicted molar refractivity (Wildman–Crippen MR) is 132 cm³/mol. The molecule has 208 valence electrons. The Labute approximate surface area is 222 Å². The second kappa shape index (κ2) is 10.6. The minimum absolute atomic E-state index is 0.0352. The molecule has 1 saturated heterocycles. The van der Waals surface area contributed by atoms with Crippen molar-refractivity contribution in [3.05, 3.63) is 54.6 Å². The van der Waals surface area contributed by atoms with Crippen molar-refractivity contribution >= 4 is 17.8 Å². The number of aryl methyl sites for hydroxylation is 2. The van der Waals surface area contributed by atoms with Crippen molar-refractivity contribution in [2.24, 2.45) is 31.8 Å². The second-order valence-electron chi connectivity index (χ2n) is 9.89. The molecule has 3 aromatic rings. The fraction of sp³-hybridized carbons (Fsp3) is 0.440. The Bertz CT molecular complexity index is 1330. The number of imidazole rings is 1. The SMILES string of the molecule is Cn1cnc(OC(=O)N(Cc2cccc(OC(F)(F)F)c2)CC2C3CN(CC(=O)Nc4ccnn4C)CC32)c1. The highest BCUT2D eigenvalue weighted by Gasteiger charge is 2.56. The molecule has 1 N–H and O–H groups in total. The number of likely N-dealkylation sites (tertiary alicyclic amines) is 1. The van der Waals surface area contributed by atoms with Crippen LogP contribution in [0.25, 0.3) is 0 Å². The number of nitrogens with one attached hydrogen (secondary N) is 1. The third-order valence-electron chi connectivity index (χ3n) is 6.97. The summed E-state index contributed by atoms with van der Waals surface area (Å²) < 4.78 is 50.8. The van der Waals surface area contributed by atoms with E-state index in [4.69, 9.17) is 4.74 Å². The molecule has 2 fully saturated rings. The van der Waals surface area contributed by atoms with Crippen LogP contribution in [0.1, 0.15) is 5.56 Å². The van der Waals surface area contributed by atoms with E-state index in [0.29, 0.717) is 42.9 Å². The van der Waals surface area contributed by atoms with E-state index in [1.54, 1.807) is 47.9 Å². The van der Waals surface area contributed by atoms with E-state index in [0.717, 1.165) is 0 Å². The van der Waals surface area contributed by atoms with E-state index < -0.39 is 12.5 Å². The van der Waals surface area contributed by atoms with Crippen LogP contribution >= 0.6 is 0 Å². The molecule has 39 heavy (non-hydrogen) atoms. The fourth-order valence-corrected chi connectivity index (χ4v) is 5.13. The van der Waals surface area contributed by atoms with Gasteiger partial charge in [-0.15, -0.1) is 13.2 Å². The summed E-state index contributed by atoms with van der Waals surface area (Å²) in [7, 11) is 3.48. The van der Waals surface area contributed by atoms with Gasteiger partial charge in [-0.1, -0.05) is 12.1 Å². The van der Waals surface area contributed by atoms with Crippen LogP contribution in [0.4, 0.5) is 23.8 Å². The highest BCUT2D eigenvalue weighted by atomic mass is 19.4. The molecule has 14 heteroatoms. The monoisotopic (exact) mass is 547 g/mol. The molecule has 2 aliphatic rings. The average Bonchev–Trinajstić information content (AvgIpc) is 3.25. The van der Waals surface area contributed by atoms with E-state index in [1.165, 1.54) is 29.4 Å². The minimum atomic E-state index is -4.82. The van der Waals surface area contributed by atoms with Gasteiger partial charge in [-0.25, -0.2) is 9.78 Å². The predicted octanol–water partition coefficient (Wildman–Crippen LogP) is 2.87. The lowest BCUT2D eigenvalue weighted by atomic mass is 10.2. The Kier molecular flexibility index (Phi) is 7.21. The van der Waals surface area contributed by atoms with Crippen molar-refractivity contribution in [3.8, 4) is 11.6 Å². The lowest BCUT2D eigenvalue weighted by molar-refractivity contribution is -0.274. The van der Waals surface area contributed by atoms with Crippen LogP contribution in [0.5, 0.6) is 11.6 Å². The Morgan fingerprint density at radius 3 is 2.59 bits per heavy atom. The number of halogens is 3. The topological polar surface area (TPSA) is 107 Å². The number of carbonyl (C=O) groups excluding carboxylic acids is 2. The largest absolute Gasteiger partial charge is 0.573 e. The first-order valence-corrected chi connectivity index (χ1v) is 12.3. The number of hydrogen-bond acceptors (Lipinski definition) is 7. The van der Waals surface area contributed by atoms with Crippen molar-refractivity contribution in [1.82, 2.24) is 29.1 Å². The Morgan fingerprint density at radius 1 is 1.18 bits per heavy atom. The molecule has 3 heterocycles. The molecular formula is C25H28F3N7O4. The number of amides is 2. The van der Waals surface area contributed by atoms with Gasteiger partial charge in [0, 0.05) is 46.3 Å². The van der Waals surface area contributed by atoms with Crippen LogP contribution in [-0.4, -0.2) is 73.7 Å². The second-order valence-corrected chi connectivity index (χ2v) is 9.89. The number of ether oxygens (including phenoxy) is 2. The zero-order chi connectivity index (χ0) is 27.7. The number of benzene rings is 1. The normalized spacial score (nSPS) is 20.4. The first kappa shape index (κ1) is 26.5. The standard InChI is InChI=1S/C25H28F3N7O4/c1-32-14-23(29-15-32)38-24(37)35(9-16-4-3-5-17(8-16)39-25(26,27)28)12-20-18-10-34(11-19(18)20)13-22(36)31-21-6-7-30-33(21)2/h3-8,14-15,18-20H,9-13H2,1-2H3,(H,31,36). The molecule has 11 nitrogen and oxygen atoms in total. The van der Waals surface area contributed by atoms with Crippen LogP contribution in [0, 0.1) is 17.8 Å². The number of piperidine rings is 1. The molecule has 1 aliphatic heterocycles. The van der Waals surface area contributed by atoms with Gasteiger partial charge >= 0.3 is 12.5 Å². The van der Waals surface area contributed by atoms with Gasteiger partial charge in [0.25, 0.3) is 0 Å². The summed E-state index contributed by atoms with van der Waals surface area (Å²) in [6.45, 7) is 2.08. The maximum atomic E-state index is 13.1. The zero-order valence-corrected chi connectivity index (χ0v) is 21.3. The summed E-state index contributed by atoms with van der Waals surface area (Å²) in [5.74, 6) is 1.06. The first-order valence-electron chi connectivity index (χ1n) is 12.3. The molecule has 1 saturated carbocycles. The highest BCUT2D eigenvalue weighted by molar-refractivity contribution is 5.91. The molecule has 0 bridgehead atoms. The summed E-state index contributed by atoms with van der Waals surface area (Å²) in [5.41, 5.74) is 0.467. The summed E-state index contributed by atoms with van der Waals surface area (Å²) in [4.78, 5) is 33.1. The zero-order valence-electron chi connectivity index (χ0n) is 21.3. The van der Waals surface area contributed by atoms with E-state index >= 15 is 0 Å². The van der Waals surface area contributed by atoms with Gasteiger partial charge < -0.3 is 24.3 Å². The number of aromatic nitrogens is 4. The van der Waals surface area contributed by atoms with Crippen LogP contribution in [-0.2, 0) is 25.4 Å². The molecule has 2 aromatic heterocycles. The average molecular weight is 548 g/mol. The van der Waals surface area contributed by atoms with Crippen molar-refractivity contribution in [2.75, 3.05) is 31.5 Å². The molecule has 0 spiro atoms. The van der Waals surface area contributed by atoms with Crippen molar-refractivity contribution < 1.29 is 32.2 Å². The first-order chi connectivity index (χ1) is 18.5. The number of nitrogens with zero attached hydrogens (tertiary/aromatic N) is 6. The molecule has 0 radical (unpaired) electrons. The van der Waals surface area contributed by atoms with Gasteiger partial charge in [-0.3, -0.25) is 14.4 Å². The van der Waals surface area contributed by atoms with E-state index in [9.17, 15) is 22.8 Å². The smallest absolute Gasteiger partial charge is 0.406 e. The number of rotatable bonds is 9. The van der Waals surface area contributed by atoms with Crippen molar-refractivity contribution in [3.63, 3.8) is 0 Å². The van der Waals surface area contributed by atoms with Crippen molar-refractivity contribution in [2.45, 2.75) is 12.9 Å². The number of fused-ring (bicyclic) bond motifs is 1. The minimum Gasteiger partial charge on any atom is -0.406 e. The maximum absolute atomic E-state index is 13.1. The quantitative estimate of drug-likeness (QED) is 0.439. The van der Waals surface area contributed by atoms with Gasteiger partial charge in [0.05, 0.1) is 25.3 Å². The number of anilines is 1. The molecule has 1 aromatic carbocycles. The number of carbonyl (C=O) groups is 2. The summed E-state index contributed by atoms with van der Waals surface area (Å²) >= 11 is 0.